The molecule has 0 fully saturated rings. The molecule has 3 aromatic carbocycles. The van der Waals surface area contributed by atoms with Crippen LogP contribution in [0.3, 0.4) is 0 Å². The summed E-state index contributed by atoms with van der Waals surface area (Å²) in [5.41, 5.74) is 6.05. The van der Waals surface area contributed by atoms with Gasteiger partial charge in [-0.05, 0) is 52.6 Å². The molecule has 164 valence electrons. The van der Waals surface area contributed by atoms with Crippen molar-refractivity contribution >= 4 is 29.3 Å². The zero-order valence-electron chi connectivity index (χ0n) is 18.9. The summed E-state index contributed by atoms with van der Waals surface area (Å²) in [6, 6.07) is 24.2. The topological polar surface area (TPSA) is 49.9 Å². The second-order valence-electron chi connectivity index (χ2n) is 7.69. The third kappa shape index (κ3) is 5.85. The summed E-state index contributed by atoms with van der Waals surface area (Å²) in [5, 5.41) is 0. The summed E-state index contributed by atoms with van der Waals surface area (Å²) in [4.78, 5) is 27.5. The SMILES string of the molecule is COC(=O)/C=C/c1cccc(N(Cc2ccc(-c3ccc(N(C)C)cc3)cc2)C(C)=O)c1. The van der Waals surface area contributed by atoms with E-state index in [1.165, 1.54) is 13.2 Å². The number of benzene rings is 3. The molecule has 5 heteroatoms. The van der Waals surface area contributed by atoms with Gasteiger partial charge in [0.05, 0.1) is 13.7 Å². The van der Waals surface area contributed by atoms with Crippen LogP contribution in [0.25, 0.3) is 17.2 Å². The molecule has 0 bridgehead atoms. The lowest BCUT2D eigenvalue weighted by Gasteiger charge is -2.22. The van der Waals surface area contributed by atoms with Crippen molar-refractivity contribution in [1.29, 1.82) is 0 Å². The third-order valence-electron chi connectivity index (χ3n) is 5.19. The van der Waals surface area contributed by atoms with Crippen molar-refractivity contribution in [3.63, 3.8) is 0 Å². The fraction of sp³-hybridized carbons (Fsp3) is 0.185. The second-order valence-corrected chi connectivity index (χ2v) is 7.69. The minimum Gasteiger partial charge on any atom is -0.466 e. The van der Waals surface area contributed by atoms with Crippen LogP contribution in [0.5, 0.6) is 0 Å². The van der Waals surface area contributed by atoms with E-state index in [1.807, 2.05) is 50.5 Å². The van der Waals surface area contributed by atoms with E-state index in [0.29, 0.717) is 6.54 Å². The van der Waals surface area contributed by atoms with Crippen molar-refractivity contribution in [2.45, 2.75) is 13.5 Å². The molecular formula is C27H28N2O3. The largest absolute Gasteiger partial charge is 0.466 e. The number of esters is 1. The molecule has 0 aromatic heterocycles. The molecule has 0 aliphatic heterocycles. The van der Waals surface area contributed by atoms with Crippen LogP contribution in [-0.2, 0) is 20.9 Å². The molecule has 0 saturated heterocycles. The van der Waals surface area contributed by atoms with Crippen LogP contribution < -0.4 is 9.80 Å². The number of rotatable bonds is 7. The maximum atomic E-state index is 12.4. The quantitative estimate of drug-likeness (QED) is 0.385. The smallest absolute Gasteiger partial charge is 0.330 e. The predicted molar refractivity (Wildman–Crippen MR) is 131 cm³/mol. The van der Waals surface area contributed by atoms with Gasteiger partial charge >= 0.3 is 5.97 Å². The van der Waals surface area contributed by atoms with Gasteiger partial charge in [0.25, 0.3) is 0 Å². The van der Waals surface area contributed by atoms with Gasteiger partial charge in [0, 0.05) is 38.5 Å². The van der Waals surface area contributed by atoms with Crippen LogP contribution >= 0.6 is 0 Å². The molecule has 0 N–H and O–H groups in total. The first-order valence-electron chi connectivity index (χ1n) is 10.4. The maximum absolute atomic E-state index is 12.4. The van der Waals surface area contributed by atoms with E-state index >= 15 is 0 Å². The summed E-state index contributed by atoms with van der Waals surface area (Å²) in [5.74, 6) is -0.474. The van der Waals surface area contributed by atoms with Crippen LogP contribution in [0.15, 0.2) is 78.9 Å². The Morgan fingerprint density at radius 3 is 2.06 bits per heavy atom. The zero-order valence-corrected chi connectivity index (χ0v) is 18.9. The van der Waals surface area contributed by atoms with Gasteiger partial charge in [-0.25, -0.2) is 4.79 Å². The lowest BCUT2D eigenvalue weighted by molar-refractivity contribution is -0.134. The summed E-state index contributed by atoms with van der Waals surface area (Å²) >= 11 is 0. The number of carbonyl (C=O) groups excluding carboxylic acids is 2. The number of hydrogen-bond acceptors (Lipinski definition) is 4. The van der Waals surface area contributed by atoms with E-state index < -0.39 is 5.97 Å². The number of anilines is 2. The van der Waals surface area contributed by atoms with Gasteiger partial charge in [0.2, 0.25) is 5.91 Å². The molecule has 1 amide bonds. The van der Waals surface area contributed by atoms with E-state index in [0.717, 1.165) is 33.6 Å². The average molecular weight is 429 g/mol. The first kappa shape index (κ1) is 22.8. The van der Waals surface area contributed by atoms with Gasteiger partial charge < -0.3 is 14.5 Å². The highest BCUT2D eigenvalue weighted by Gasteiger charge is 2.13. The number of nitrogens with zero attached hydrogens (tertiary/aromatic N) is 2. The highest BCUT2D eigenvalue weighted by Crippen LogP contribution is 2.25. The Morgan fingerprint density at radius 1 is 0.875 bits per heavy atom. The normalized spacial score (nSPS) is 10.8. The maximum Gasteiger partial charge on any atom is 0.330 e. The molecule has 0 atom stereocenters. The lowest BCUT2D eigenvalue weighted by Crippen LogP contribution is -2.27. The number of hydrogen-bond donors (Lipinski definition) is 0. The molecule has 0 heterocycles. The number of ether oxygens (including phenoxy) is 1. The van der Waals surface area contributed by atoms with Crippen LogP contribution in [0.1, 0.15) is 18.1 Å². The van der Waals surface area contributed by atoms with Gasteiger partial charge in [0.1, 0.15) is 0 Å². The van der Waals surface area contributed by atoms with Gasteiger partial charge in [0.15, 0.2) is 0 Å². The van der Waals surface area contributed by atoms with Crippen LogP contribution in [0.4, 0.5) is 11.4 Å². The molecular weight excluding hydrogens is 400 g/mol. The third-order valence-corrected chi connectivity index (χ3v) is 5.19. The molecule has 3 rings (SSSR count). The molecule has 0 aliphatic rings. The molecule has 3 aromatic rings. The van der Waals surface area contributed by atoms with E-state index in [-0.39, 0.29) is 5.91 Å². The highest BCUT2D eigenvalue weighted by atomic mass is 16.5. The Bertz CT molecular complexity index is 1100. The minimum absolute atomic E-state index is 0.0533. The summed E-state index contributed by atoms with van der Waals surface area (Å²) in [6.07, 6.45) is 3.03. The van der Waals surface area contributed by atoms with Crippen LogP contribution in [-0.4, -0.2) is 33.1 Å². The van der Waals surface area contributed by atoms with Crippen molar-refractivity contribution in [3.8, 4) is 11.1 Å². The van der Waals surface area contributed by atoms with Crippen molar-refractivity contribution in [2.75, 3.05) is 31.0 Å². The zero-order chi connectivity index (χ0) is 23.1. The fourth-order valence-electron chi connectivity index (χ4n) is 3.35. The second kappa shape index (κ2) is 10.4. The van der Waals surface area contributed by atoms with Gasteiger partial charge in [-0.1, -0.05) is 48.5 Å². The Balaban J connectivity index is 1.77. The molecule has 0 spiro atoms. The summed E-state index contributed by atoms with van der Waals surface area (Å²) in [6.45, 7) is 2.01. The lowest BCUT2D eigenvalue weighted by atomic mass is 10.0. The van der Waals surface area contributed by atoms with Gasteiger partial charge in [-0.15, -0.1) is 0 Å². The first-order chi connectivity index (χ1) is 15.4. The Hall–Kier alpha value is -3.86. The van der Waals surface area contributed by atoms with E-state index in [9.17, 15) is 9.59 Å². The van der Waals surface area contributed by atoms with Crippen LogP contribution in [0, 0.1) is 0 Å². The molecule has 0 radical (unpaired) electrons. The summed E-state index contributed by atoms with van der Waals surface area (Å²) < 4.78 is 4.63. The average Bonchev–Trinajstić information content (AvgIpc) is 2.81. The standard InChI is InChI=1S/C27H28N2O3/c1-20(30)29(26-7-5-6-21(18-26)10-17-27(31)32-4)19-22-8-11-23(12-9-22)24-13-15-25(16-14-24)28(2)3/h5-18H,19H2,1-4H3/b17-10+. The molecule has 0 aliphatic carbocycles. The Labute approximate surface area is 189 Å². The molecule has 0 saturated carbocycles. The fourth-order valence-corrected chi connectivity index (χ4v) is 3.35. The number of amides is 1. The Morgan fingerprint density at radius 2 is 1.50 bits per heavy atom. The predicted octanol–water partition coefficient (Wildman–Crippen LogP) is 5.16. The van der Waals surface area contributed by atoms with Crippen LogP contribution in [0.2, 0.25) is 0 Å². The molecule has 32 heavy (non-hydrogen) atoms. The summed E-state index contributed by atoms with van der Waals surface area (Å²) in [7, 11) is 5.38. The van der Waals surface area contributed by atoms with Crippen molar-refractivity contribution in [1.82, 2.24) is 0 Å². The van der Waals surface area contributed by atoms with Crippen molar-refractivity contribution in [3.05, 3.63) is 90.0 Å². The van der Waals surface area contributed by atoms with Gasteiger partial charge in [-0.3, -0.25) is 4.79 Å². The van der Waals surface area contributed by atoms with Crippen molar-refractivity contribution < 1.29 is 14.3 Å². The first-order valence-corrected chi connectivity index (χ1v) is 10.4. The van der Waals surface area contributed by atoms with E-state index in [2.05, 4.69) is 46.0 Å². The number of carbonyl (C=O) groups is 2. The van der Waals surface area contributed by atoms with Crippen molar-refractivity contribution in [2.24, 2.45) is 0 Å². The minimum atomic E-state index is -0.421. The Kier molecular flexibility index (Phi) is 7.45. The molecule has 0 unspecified atom stereocenters. The monoisotopic (exact) mass is 428 g/mol. The number of methoxy groups -OCH3 is 1. The van der Waals surface area contributed by atoms with E-state index in [4.69, 9.17) is 0 Å². The molecule has 5 nitrogen and oxygen atoms in total. The van der Waals surface area contributed by atoms with E-state index in [1.54, 1.807) is 17.9 Å². The van der Waals surface area contributed by atoms with Gasteiger partial charge in [-0.2, -0.15) is 0 Å². The highest BCUT2D eigenvalue weighted by molar-refractivity contribution is 5.92.